The van der Waals surface area contributed by atoms with E-state index in [0.29, 0.717) is 17.9 Å². The Morgan fingerprint density at radius 2 is 2.00 bits per heavy atom. The van der Waals surface area contributed by atoms with E-state index in [1.54, 1.807) is 18.2 Å². The zero-order valence-electron chi connectivity index (χ0n) is 9.91. The van der Waals surface area contributed by atoms with Gasteiger partial charge in [0, 0.05) is 5.56 Å². The van der Waals surface area contributed by atoms with Gasteiger partial charge in [-0.2, -0.15) is 0 Å². The molecule has 16 heavy (non-hydrogen) atoms. The van der Waals surface area contributed by atoms with Gasteiger partial charge in [0.05, 0.1) is 5.60 Å². The zero-order chi connectivity index (χ0) is 11.8. The van der Waals surface area contributed by atoms with Crippen molar-refractivity contribution in [2.75, 3.05) is 0 Å². The molecule has 88 valence electrons. The van der Waals surface area contributed by atoms with Crippen molar-refractivity contribution in [3.05, 3.63) is 35.6 Å². The first kappa shape index (κ1) is 11.6. The molecule has 1 aromatic carbocycles. The highest BCUT2D eigenvalue weighted by Gasteiger charge is 2.41. The molecule has 3 unspecified atom stereocenters. The van der Waals surface area contributed by atoms with E-state index in [9.17, 15) is 9.50 Å². The van der Waals surface area contributed by atoms with Gasteiger partial charge < -0.3 is 5.11 Å². The summed E-state index contributed by atoms with van der Waals surface area (Å²) in [4.78, 5) is 0. The summed E-state index contributed by atoms with van der Waals surface area (Å²) in [6, 6.07) is 6.60. The number of halogens is 1. The molecule has 1 N–H and O–H groups in total. The second kappa shape index (κ2) is 4.17. The van der Waals surface area contributed by atoms with Crippen LogP contribution in [0.3, 0.4) is 0 Å². The van der Waals surface area contributed by atoms with Crippen molar-refractivity contribution in [3.63, 3.8) is 0 Å². The molecule has 0 aromatic heterocycles. The maximum atomic E-state index is 13.7. The van der Waals surface area contributed by atoms with E-state index in [1.165, 1.54) is 6.07 Å². The number of benzene rings is 1. The summed E-state index contributed by atoms with van der Waals surface area (Å²) >= 11 is 0. The summed E-state index contributed by atoms with van der Waals surface area (Å²) in [6.07, 6.45) is 2.59. The second-order valence-corrected chi connectivity index (χ2v) is 5.18. The Kier molecular flexibility index (Phi) is 3.02. The highest BCUT2D eigenvalue weighted by atomic mass is 19.1. The first-order valence-corrected chi connectivity index (χ1v) is 6.01. The number of aliphatic hydroxyl groups is 1. The minimum atomic E-state index is -0.974. The van der Waals surface area contributed by atoms with Crippen LogP contribution in [0.2, 0.25) is 0 Å². The largest absolute Gasteiger partial charge is 0.385 e. The molecule has 0 radical (unpaired) electrons. The van der Waals surface area contributed by atoms with Crippen LogP contribution in [0.25, 0.3) is 0 Å². The number of rotatable bonds is 1. The quantitative estimate of drug-likeness (QED) is 0.771. The summed E-state index contributed by atoms with van der Waals surface area (Å²) in [5, 5.41) is 10.7. The first-order valence-electron chi connectivity index (χ1n) is 6.01. The molecule has 0 spiro atoms. The predicted molar refractivity (Wildman–Crippen MR) is 62.5 cm³/mol. The number of hydrogen-bond donors (Lipinski definition) is 1. The van der Waals surface area contributed by atoms with Crippen LogP contribution < -0.4 is 0 Å². The van der Waals surface area contributed by atoms with Crippen LogP contribution in [0.5, 0.6) is 0 Å². The zero-order valence-corrected chi connectivity index (χ0v) is 9.91. The minimum Gasteiger partial charge on any atom is -0.385 e. The molecule has 1 saturated carbocycles. The van der Waals surface area contributed by atoms with Gasteiger partial charge in [-0.1, -0.05) is 32.0 Å². The summed E-state index contributed by atoms with van der Waals surface area (Å²) in [6.45, 7) is 4.21. The Morgan fingerprint density at radius 3 is 2.62 bits per heavy atom. The summed E-state index contributed by atoms with van der Waals surface area (Å²) < 4.78 is 13.7. The molecule has 1 aromatic rings. The Bertz CT molecular complexity index is 377. The fourth-order valence-corrected chi connectivity index (χ4v) is 2.84. The monoisotopic (exact) mass is 222 g/mol. The molecule has 1 nitrogen and oxygen atoms in total. The standard InChI is InChI=1S/C14H19FO/c1-10-7-8-14(16,11(2)9-10)12-5-3-4-6-13(12)15/h3-6,10-11,16H,7-9H2,1-2H3. The van der Waals surface area contributed by atoms with Gasteiger partial charge in [0.25, 0.3) is 0 Å². The van der Waals surface area contributed by atoms with Crippen molar-refractivity contribution < 1.29 is 9.50 Å². The van der Waals surface area contributed by atoms with Gasteiger partial charge in [-0.25, -0.2) is 4.39 Å². The van der Waals surface area contributed by atoms with Crippen molar-refractivity contribution in [3.8, 4) is 0 Å². The average Bonchev–Trinajstić information content (AvgIpc) is 2.25. The molecule has 2 heteroatoms. The topological polar surface area (TPSA) is 20.2 Å². The van der Waals surface area contributed by atoms with Crippen LogP contribution in [0.15, 0.2) is 24.3 Å². The van der Waals surface area contributed by atoms with Crippen molar-refractivity contribution in [1.82, 2.24) is 0 Å². The van der Waals surface area contributed by atoms with Crippen LogP contribution in [-0.2, 0) is 5.60 Å². The lowest BCUT2D eigenvalue weighted by Gasteiger charge is -2.41. The highest BCUT2D eigenvalue weighted by Crippen LogP contribution is 2.44. The fourth-order valence-electron chi connectivity index (χ4n) is 2.84. The number of hydrogen-bond acceptors (Lipinski definition) is 1. The van der Waals surface area contributed by atoms with Gasteiger partial charge in [-0.3, -0.25) is 0 Å². The lowest BCUT2D eigenvalue weighted by Crippen LogP contribution is -2.39. The van der Waals surface area contributed by atoms with Crippen molar-refractivity contribution in [2.24, 2.45) is 11.8 Å². The lowest BCUT2D eigenvalue weighted by atomic mass is 9.69. The maximum Gasteiger partial charge on any atom is 0.129 e. The van der Waals surface area contributed by atoms with Gasteiger partial charge in [0.2, 0.25) is 0 Å². The van der Waals surface area contributed by atoms with Crippen LogP contribution in [0.1, 0.15) is 38.7 Å². The van der Waals surface area contributed by atoms with Gasteiger partial charge in [-0.05, 0) is 37.2 Å². The third kappa shape index (κ3) is 1.86. The second-order valence-electron chi connectivity index (χ2n) is 5.18. The molecular weight excluding hydrogens is 203 g/mol. The van der Waals surface area contributed by atoms with Gasteiger partial charge in [0.15, 0.2) is 0 Å². The molecule has 0 saturated heterocycles. The molecule has 0 bridgehead atoms. The fraction of sp³-hybridized carbons (Fsp3) is 0.571. The van der Waals surface area contributed by atoms with Crippen LogP contribution >= 0.6 is 0 Å². The molecule has 1 aliphatic carbocycles. The van der Waals surface area contributed by atoms with E-state index in [4.69, 9.17) is 0 Å². The smallest absolute Gasteiger partial charge is 0.129 e. The SMILES string of the molecule is CC1CCC(O)(c2ccccc2F)C(C)C1. The Hall–Kier alpha value is -0.890. The Balaban J connectivity index is 2.35. The molecule has 3 atom stereocenters. The average molecular weight is 222 g/mol. The van der Waals surface area contributed by atoms with Crippen LogP contribution in [0.4, 0.5) is 4.39 Å². The van der Waals surface area contributed by atoms with Crippen LogP contribution in [0, 0.1) is 17.7 Å². The summed E-state index contributed by atoms with van der Waals surface area (Å²) in [7, 11) is 0. The van der Waals surface area contributed by atoms with E-state index in [0.717, 1.165) is 12.8 Å². The van der Waals surface area contributed by atoms with Crippen LogP contribution in [-0.4, -0.2) is 5.11 Å². The Morgan fingerprint density at radius 1 is 1.31 bits per heavy atom. The molecular formula is C14H19FO. The van der Waals surface area contributed by atoms with E-state index in [2.05, 4.69) is 6.92 Å². The molecule has 0 aliphatic heterocycles. The molecule has 2 rings (SSSR count). The minimum absolute atomic E-state index is 0.119. The van der Waals surface area contributed by atoms with Gasteiger partial charge in [0.1, 0.15) is 5.82 Å². The highest BCUT2D eigenvalue weighted by molar-refractivity contribution is 5.25. The normalized spacial score (nSPS) is 35.0. The van der Waals surface area contributed by atoms with Crippen molar-refractivity contribution >= 4 is 0 Å². The van der Waals surface area contributed by atoms with Gasteiger partial charge in [-0.15, -0.1) is 0 Å². The van der Waals surface area contributed by atoms with E-state index >= 15 is 0 Å². The molecule has 1 fully saturated rings. The Labute approximate surface area is 96.3 Å². The molecule has 1 aliphatic rings. The van der Waals surface area contributed by atoms with E-state index in [-0.39, 0.29) is 11.7 Å². The lowest BCUT2D eigenvalue weighted by molar-refractivity contribution is -0.0612. The molecule has 0 amide bonds. The van der Waals surface area contributed by atoms with Crippen molar-refractivity contribution in [2.45, 2.75) is 38.7 Å². The first-order chi connectivity index (χ1) is 7.54. The third-order valence-corrected chi connectivity index (χ3v) is 3.93. The molecule has 0 heterocycles. The van der Waals surface area contributed by atoms with Crippen molar-refractivity contribution in [1.29, 1.82) is 0 Å². The van der Waals surface area contributed by atoms with Gasteiger partial charge >= 0.3 is 0 Å². The van der Waals surface area contributed by atoms with E-state index < -0.39 is 5.60 Å². The van der Waals surface area contributed by atoms with E-state index in [1.807, 2.05) is 6.92 Å². The third-order valence-electron chi connectivity index (χ3n) is 3.93. The maximum absolute atomic E-state index is 13.7. The summed E-state index contributed by atoms with van der Waals surface area (Å²) in [5.74, 6) is 0.460. The predicted octanol–water partition coefficient (Wildman–Crippen LogP) is 3.47. The summed E-state index contributed by atoms with van der Waals surface area (Å²) in [5.41, 5.74) is -0.507.